The standard InChI is InChI=1S/C15H21N3O/c1-3-18-6-10-4-12-13(14(16)9-19)8-17(2)15(12)5-11(10)7-18/h4-5,8,14,19H,3,6-7,9,16H2,1-2H3. The monoisotopic (exact) mass is 259 g/mol. The fourth-order valence-corrected chi connectivity index (χ4v) is 3.00. The summed E-state index contributed by atoms with van der Waals surface area (Å²) >= 11 is 0. The molecule has 0 radical (unpaired) electrons. The number of rotatable bonds is 3. The van der Waals surface area contributed by atoms with Crippen molar-refractivity contribution >= 4 is 10.9 Å². The number of aliphatic hydroxyl groups is 1. The maximum absolute atomic E-state index is 9.29. The van der Waals surface area contributed by atoms with E-state index in [-0.39, 0.29) is 12.6 Å². The summed E-state index contributed by atoms with van der Waals surface area (Å²) in [4.78, 5) is 2.43. The third kappa shape index (κ3) is 1.96. The van der Waals surface area contributed by atoms with E-state index in [1.807, 2.05) is 13.2 Å². The lowest BCUT2D eigenvalue weighted by molar-refractivity contribution is 0.268. The van der Waals surface area contributed by atoms with Gasteiger partial charge in [-0.3, -0.25) is 4.90 Å². The molecule has 3 N–H and O–H groups in total. The van der Waals surface area contributed by atoms with Crippen molar-refractivity contribution in [2.24, 2.45) is 12.8 Å². The number of aromatic nitrogens is 1. The van der Waals surface area contributed by atoms with Crippen molar-refractivity contribution in [3.05, 3.63) is 35.0 Å². The Morgan fingerprint density at radius 1 is 1.32 bits per heavy atom. The van der Waals surface area contributed by atoms with E-state index in [1.165, 1.54) is 22.0 Å². The van der Waals surface area contributed by atoms with Gasteiger partial charge in [0, 0.05) is 37.2 Å². The van der Waals surface area contributed by atoms with Crippen LogP contribution in [0.5, 0.6) is 0 Å². The van der Waals surface area contributed by atoms with Crippen LogP contribution in [0.15, 0.2) is 18.3 Å². The normalized spacial score (nSPS) is 17.1. The summed E-state index contributed by atoms with van der Waals surface area (Å²) in [6, 6.07) is 4.23. The number of hydrogen-bond donors (Lipinski definition) is 2. The van der Waals surface area contributed by atoms with Gasteiger partial charge in [0.05, 0.1) is 12.6 Å². The molecule has 4 nitrogen and oxygen atoms in total. The van der Waals surface area contributed by atoms with Crippen LogP contribution in [0, 0.1) is 0 Å². The van der Waals surface area contributed by atoms with Crippen molar-refractivity contribution < 1.29 is 5.11 Å². The molecular weight excluding hydrogens is 238 g/mol. The number of nitrogens with zero attached hydrogens (tertiary/aromatic N) is 2. The SMILES string of the molecule is CCN1Cc2cc3c(C(N)CO)cn(C)c3cc2C1. The molecule has 102 valence electrons. The van der Waals surface area contributed by atoms with E-state index in [0.717, 1.165) is 25.2 Å². The summed E-state index contributed by atoms with van der Waals surface area (Å²) in [6.45, 7) is 5.31. The number of nitrogens with two attached hydrogens (primary N) is 1. The Hall–Kier alpha value is -1.36. The molecule has 0 spiro atoms. The van der Waals surface area contributed by atoms with E-state index < -0.39 is 0 Å². The molecule has 19 heavy (non-hydrogen) atoms. The van der Waals surface area contributed by atoms with Crippen LogP contribution < -0.4 is 5.73 Å². The number of fused-ring (bicyclic) bond motifs is 2. The van der Waals surface area contributed by atoms with Crippen molar-refractivity contribution in [2.45, 2.75) is 26.1 Å². The highest BCUT2D eigenvalue weighted by molar-refractivity contribution is 5.86. The zero-order valence-corrected chi connectivity index (χ0v) is 11.6. The highest BCUT2D eigenvalue weighted by Gasteiger charge is 2.21. The lowest BCUT2D eigenvalue weighted by Crippen LogP contribution is -2.14. The van der Waals surface area contributed by atoms with E-state index in [1.54, 1.807) is 0 Å². The first-order chi connectivity index (χ1) is 9.13. The summed E-state index contributed by atoms with van der Waals surface area (Å²) in [5.74, 6) is 0. The fraction of sp³-hybridized carbons (Fsp3) is 0.467. The molecule has 1 aromatic carbocycles. The van der Waals surface area contributed by atoms with Crippen molar-refractivity contribution in [2.75, 3.05) is 13.2 Å². The Balaban J connectivity index is 2.14. The first-order valence-corrected chi connectivity index (χ1v) is 6.83. The van der Waals surface area contributed by atoms with Gasteiger partial charge in [0.1, 0.15) is 0 Å². The summed E-state index contributed by atoms with van der Waals surface area (Å²) < 4.78 is 2.11. The second-order valence-corrected chi connectivity index (χ2v) is 5.43. The highest BCUT2D eigenvalue weighted by atomic mass is 16.3. The van der Waals surface area contributed by atoms with Gasteiger partial charge in [-0.15, -0.1) is 0 Å². The minimum absolute atomic E-state index is 0.0166. The molecule has 0 bridgehead atoms. The van der Waals surface area contributed by atoms with Crippen LogP contribution in [0.3, 0.4) is 0 Å². The number of aliphatic hydroxyl groups excluding tert-OH is 1. The molecule has 4 heteroatoms. The highest BCUT2D eigenvalue weighted by Crippen LogP contribution is 2.32. The van der Waals surface area contributed by atoms with E-state index >= 15 is 0 Å². The van der Waals surface area contributed by atoms with Gasteiger partial charge < -0.3 is 15.4 Å². The van der Waals surface area contributed by atoms with E-state index in [2.05, 4.69) is 28.5 Å². The zero-order chi connectivity index (χ0) is 13.6. The summed E-state index contributed by atoms with van der Waals surface area (Å²) in [7, 11) is 2.04. The van der Waals surface area contributed by atoms with Gasteiger partial charge in [-0.05, 0) is 35.4 Å². The molecule has 0 fully saturated rings. The number of aryl methyl sites for hydroxylation is 1. The second kappa shape index (κ2) is 4.63. The van der Waals surface area contributed by atoms with Crippen molar-refractivity contribution in [1.82, 2.24) is 9.47 Å². The Labute approximate surface area is 113 Å². The third-order valence-electron chi connectivity index (χ3n) is 4.17. The molecule has 0 amide bonds. The van der Waals surface area contributed by atoms with Gasteiger partial charge in [-0.25, -0.2) is 0 Å². The number of hydrogen-bond acceptors (Lipinski definition) is 3. The zero-order valence-electron chi connectivity index (χ0n) is 11.6. The topological polar surface area (TPSA) is 54.4 Å². The van der Waals surface area contributed by atoms with Crippen molar-refractivity contribution in [3.63, 3.8) is 0 Å². The summed E-state index contributed by atoms with van der Waals surface area (Å²) in [6.07, 6.45) is 2.04. The van der Waals surface area contributed by atoms with Crippen LogP contribution in [-0.2, 0) is 20.1 Å². The first-order valence-electron chi connectivity index (χ1n) is 6.83. The molecule has 1 aromatic heterocycles. The molecule has 0 saturated heterocycles. The Kier molecular flexibility index (Phi) is 3.09. The minimum Gasteiger partial charge on any atom is -0.394 e. The predicted molar refractivity (Wildman–Crippen MR) is 76.7 cm³/mol. The molecule has 3 rings (SSSR count). The van der Waals surface area contributed by atoms with E-state index in [4.69, 9.17) is 5.73 Å². The summed E-state index contributed by atoms with van der Waals surface area (Å²) in [5.41, 5.74) is 11.1. The average molecular weight is 259 g/mol. The Bertz CT molecular complexity index is 617. The lowest BCUT2D eigenvalue weighted by atomic mass is 10.0. The molecule has 2 heterocycles. The predicted octanol–water partition coefficient (Wildman–Crippen LogP) is 1.51. The number of benzene rings is 1. The van der Waals surface area contributed by atoms with Crippen LogP contribution in [-0.4, -0.2) is 27.7 Å². The Morgan fingerprint density at radius 3 is 2.63 bits per heavy atom. The van der Waals surface area contributed by atoms with Crippen LogP contribution >= 0.6 is 0 Å². The molecular formula is C15H21N3O. The van der Waals surface area contributed by atoms with Crippen LogP contribution in [0.1, 0.15) is 29.7 Å². The molecule has 0 aliphatic carbocycles. The summed E-state index contributed by atoms with van der Waals surface area (Å²) in [5, 5.41) is 10.5. The van der Waals surface area contributed by atoms with E-state index in [0.29, 0.717) is 0 Å². The van der Waals surface area contributed by atoms with Crippen LogP contribution in [0.25, 0.3) is 10.9 Å². The second-order valence-electron chi connectivity index (χ2n) is 5.43. The lowest BCUT2D eigenvalue weighted by Gasteiger charge is -2.09. The van der Waals surface area contributed by atoms with Gasteiger partial charge in [-0.2, -0.15) is 0 Å². The van der Waals surface area contributed by atoms with Crippen molar-refractivity contribution in [1.29, 1.82) is 0 Å². The molecule has 1 aliphatic rings. The third-order valence-corrected chi connectivity index (χ3v) is 4.17. The van der Waals surface area contributed by atoms with Crippen molar-refractivity contribution in [3.8, 4) is 0 Å². The quantitative estimate of drug-likeness (QED) is 0.878. The van der Waals surface area contributed by atoms with Crippen LogP contribution in [0.4, 0.5) is 0 Å². The molecule has 0 saturated carbocycles. The minimum atomic E-state index is -0.301. The van der Waals surface area contributed by atoms with Gasteiger partial charge in [-0.1, -0.05) is 6.92 Å². The van der Waals surface area contributed by atoms with Gasteiger partial charge >= 0.3 is 0 Å². The van der Waals surface area contributed by atoms with Gasteiger partial charge in [0.2, 0.25) is 0 Å². The average Bonchev–Trinajstić information content (AvgIpc) is 2.97. The molecule has 1 unspecified atom stereocenters. The van der Waals surface area contributed by atoms with E-state index in [9.17, 15) is 5.11 Å². The molecule has 1 aliphatic heterocycles. The first kappa shape index (κ1) is 12.7. The molecule has 1 atom stereocenters. The fourth-order valence-electron chi connectivity index (χ4n) is 3.00. The largest absolute Gasteiger partial charge is 0.394 e. The smallest absolute Gasteiger partial charge is 0.0625 e. The molecule has 2 aromatic rings. The maximum atomic E-state index is 9.29. The maximum Gasteiger partial charge on any atom is 0.0625 e. The van der Waals surface area contributed by atoms with Gasteiger partial charge in [0.15, 0.2) is 0 Å². The van der Waals surface area contributed by atoms with Gasteiger partial charge in [0.25, 0.3) is 0 Å². The van der Waals surface area contributed by atoms with Crippen LogP contribution in [0.2, 0.25) is 0 Å². The Morgan fingerprint density at radius 2 is 2.00 bits per heavy atom.